The monoisotopic (exact) mass is 318 g/mol. The molecule has 1 fully saturated rings. The Morgan fingerprint density at radius 1 is 1.22 bits per heavy atom. The Kier molecular flexibility index (Phi) is 7.73. The lowest BCUT2D eigenvalue weighted by Gasteiger charge is -2.29. The largest absolute Gasteiger partial charge is 0.494 e. The summed E-state index contributed by atoms with van der Waals surface area (Å²) in [7, 11) is 4.02. The summed E-state index contributed by atoms with van der Waals surface area (Å²) in [5.41, 5.74) is 0. The van der Waals surface area contributed by atoms with Gasteiger partial charge in [-0.3, -0.25) is 4.99 Å². The predicted octanol–water partition coefficient (Wildman–Crippen LogP) is 1.96. The van der Waals surface area contributed by atoms with Crippen LogP contribution in [0.3, 0.4) is 0 Å². The van der Waals surface area contributed by atoms with Crippen LogP contribution in [0.2, 0.25) is 0 Å². The van der Waals surface area contributed by atoms with Gasteiger partial charge >= 0.3 is 0 Å². The fraction of sp³-hybridized carbons (Fsp3) is 0.611. The van der Waals surface area contributed by atoms with Crippen LogP contribution in [0.15, 0.2) is 35.3 Å². The van der Waals surface area contributed by atoms with Crippen LogP contribution in [0, 0.1) is 5.92 Å². The van der Waals surface area contributed by atoms with Crippen molar-refractivity contribution in [3.8, 4) is 5.75 Å². The number of nitrogens with one attached hydrogen (secondary N) is 2. The van der Waals surface area contributed by atoms with Gasteiger partial charge in [-0.1, -0.05) is 18.2 Å². The number of hydrogen-bond acceptors (Lipinski definition) is 3. The van der Waals surface area contributed by atoms with E-state index in [4.69, 9.17) is 4.74 Å². The number of benzene rings is 1. The Morgan fingerprint density at radius 2 is 1.96 bits per heavy atom. The summed E-state index contributed by atoms with van der Waals surface area (Å²) in [5.74, 6) is 2.58. The zero-order valence-corrected chi connectivity index (χ0v) is 14.4. The number of rotatable bonds is 7. The van der Waals surface area contributed by atoms with Crippen LogP contribution in [0.1, 0.15) is 19.3 Å². The van der Waals surface area contributed by atoms with Crippen LogP contribution in [-0.4, -0.2) is 57.7 Å². The van der Waals surface area contributed by atoms with Crippen molar-refractivity contribution in [1.29, 1.82) is 0 Å². The van der Waals surface area contributed by atoms with Crippen LogP contribution in [0.4, 0.5) is 0 Å². The molecular weight excluding hydrogens is 288 g/mol. The Labute approximate surface area is 140 Å². The molecule has 0 aromatic heterocycles. The molecule has 0 amide bonds. The van der Waals surface area contributed by atoms with E-state index >= 15 is 0 Å². The molecule has 128 valence electrons. The lowest BCUT2D eigenvalue weighted by Crippen LogP contribution is -2.42. The molecule has 1 aromatic carbocycles. The van der Waals surface area contributed by atoms with Gasteiger partial charge in [0.15, 0.2) is 5.96 Å². The normalized spacial score (nSPS) is 17.0. The van der Waals surface area contributed by atoms with Gasteiger partial charge in [0.05, 0.1) is 6.61 Å². The number of piperidine rings is 1. The first-order valence-corrected chi connectivity index (χ1v) is 8.59. The third kappa shape index (κ3) is 6.91. The summed E-state index contributed by atoms with van der Waals surface area (Å²) in [6.45, 7) is 4.99. The van der Waals surface area contributed by atoms with Crippen molar-refractivity contribution in [2.24, 2.45) is 10.9 Å². The maximum atomic E-state index is 5.68. The number of para-hydroxylation sites is 1. The number of hydrogen-bond donors (Lipinski definition) is 2. The maximum absolute atomic E-state index is 5.68. The molecule has 2 N–H and O–H groups in total. The van der Waals surface area contributed by atoms with Crippen molar-refractivity contribution in [3.63, 3.8) is 0 Å². The minimum atomic E-state index is 0.711. The minimum Gasteiger partial charge on any atom is -0.494 e. The van der Waals surface area contributed by atoms with Gasteiger partial charge in [0, 0.05) is 20.1 Å². The number of guanidine groups is 1. The van der Waals surface area contributed by atoms with Gasteiger partial charge in [-0.05, 0) is 57.5 Å². The molecule has 0 radical (unpaired) electrons. The number of nitrogens with zero attached hydrogens (tertiary/aromatic N) is 2. The van der Waals surface area contributed by atoms with Gasteiger partial charge in [-0.15, -0.1) is 0 Å². The van der Waals surface area contributed by atoms with Crippen LogP contribution < -0.4 is 15.4 Å². The molecule has 1 aromatic rings. The van der Waals surface area contributed by atoms with Crippen molar-refractivity contribution in [2.75, 3.05) is 46.9 Å². The van der Waals surface area contributed by atoms with Gasteiger partial charge in [-0.25, -0.2) is 0 Å². The van der Waals surface area contributed by atoms with Crippen molar-refractivity contribution >= 4 is 5.96 Å². The molecule has 5 nitrogen and oxygen atoms in total. The highest BCUT2D eigenvalue weighted by atomic mass is 16.5. The van der Waals surface area contributed by atoms with E-state index in [1.807, 2.05) is 37.4 Å². The second-order valence-electron chi connectivity index (χ2n) is 6.14. The summed E-state index contributed by atoms with van der Waals surface area (Å²) < 4.78 is 5.68. The SMILES string of the molecule is CN=C(NCCCOc1ccccc1)NCC1CCN(C)CC1. The fourth-order valence-corrected chi connectivity index (χ4v) is 2.71. The van der Waals surface area contributed by atoms with E-state index < -0.39 is 0 Å². The van der Waals surface area contributed by atoms with Crippen LogP contribution in [0.25, 0.3) is 0 Å². The highest BCUT2D eigenvalue weighted by molar-refractivity contribution is 5.79. The average Bonchev–Trinajstić information content (AvgIpc) is 2.59. The summed E-state index contributed by atoms with van der Waals surface area (Å²) >= 11 is 0. The zero-order valence-electron chi connectivity index (χ0n) is 14.4. The highest BCUT2D eigenvalue weighted by Gasteiger charge is 2.16. The van der Waals surface area contributed by atoms with Gasteiger partial charge in [0.25, 0.3) is 0 Å². The van der Waals surface area contributed by atoms with Crippen molar-refractivity contribution in [1.82, 2.24) is 15.5 Å². The van der Waals surface area contributed by atoms with Gasteiger partial charge in [0.1, 0.15) is 5.75 Å². The van der Waals surface area contributed by atoms with E-state index in [1.54, 1.807) is 0 Å². The lowest BCUT2D eigenvalue weighted by molar-refractivity contribution is 0.220. The predicted molar refractivity (Wildman–Crippen MR) is 96.1 cm³/mol. The first-order valence-electron chi connectivity index (χ1n) is 8.59. The third-order valence-corrected chi connectivity index (χ3v) is 4.25. The zero-order chi connectivity index (χ0) is 16.3. The Balaban J connectivity index is 1.54. The van der Waals surface area contributed by atoms with E-state index in [1.165, 1.54) is 25.9 Å². The van der Waals surface area contributed by atoms with Gasteiger partial charge in [-0.2, -0.15) is 0 Å². The molecular formula is C18H30N4O. The van der Waals surface area contributed by atoms with Crippen molar-refractivity contribution < 1.29 is 4.74 Å². The van der Waals surface area contributed by atoms with Crippen LogP contribution >= 0.6 is 0 Å². The summed E-state index contributed by atoms with van der Waals surface area (Å²) in [5, 5.41) is 6.79. The molecule has 0 spiro atoms. The summed E-state index contributed by atoms with van der Waals surface area (Å²) in [4.78, 5) is 6.69. The Bertz CT molecular complexity index is 455. The molecule has 0 atom stereocenters. The first-order chi connectivity index (χ1) is 11.3. The standard InChI is InChI=1S/C18H30N4O/c1-19-18(21-15-16-9-12-22(2)13-10-16)20-11-6-14-23-17-7-4-3-5-8-17/h3-5,7-8,16H,6,9-15H2,1-2H3,(H2,19,20,21). The third-order valence-electron chi connectivity index (χ3n) is 4.25. The molecule has 5 heteroatoms. The molecule has 2 rings (SSSR count). The minimum absolute atomic E-state index is 0.711. The molecule has 0 aliphatic carbocycles. The fourth-order valence-electron chi connectivity index (χ4n) is 2.71. The van der Waals surface area contributed by atoms with E-state index in [2.05, 4.69) is 27.6 Å². The number of ether oxygens (including phenoxy) is 1. The number of likely N-dealkylation sites (tertiary alicyclic amines) is 1. The van der Waals surface area contributed by atoms with Crippen molar-refractivity contribution in [2.45, 2.75) is 19.3 Å². The highest BCUT2D eigenvalue weighted by Crippen LogP contribution is 2.14. The quantitative estimate of drug-likeness (QED) is 0.458. The Morgan fingerprint density at radius 3 is 2.65 bits per heavy atom. The topological polar surface area (TPSA) is 48.9 Å². The summed E-state index contributed by atoms with van der Waals surface area (Å²) in [6.07, 6.45) is 3.49. The molecule has 1 aliphatic rings. The van der Waals surface area contributed by atoms with E-state index in [-0.39, 0.29) is 0 Å². The van der Waals surface area contributed by atoms with E-state index in [0.29, 0.717) is 6.61 Å². The van der Waals surface area contributed by atoms with E-state index in [9.17, 15) is 0 Å². The molecule has 0 saturated carbocycles. The second-order valence-corrected chi connectivity index (χ2v) is 6.14. The van der Waals surface area contributed by atoms with Gasteiger partial charge in [0.2, 0.25) is 0 Å². The van der Waals surface area contributed by atoms with E-state index in [0.717, 1.165) is 37.1 Å². The average molecular weight is 318 g/mol. The Hall–Kier alpha value is -1.75. The molecule has 0 unspecified atom stereocenters. The number of aliphatic imine (C=N–C) groups is 1. The second kappa shape index (κ2) is 10.1. The molecule has 23 heavy (non-hydrogen) atoms. The summed E-state index contributed by atoms with van der Waals surface area (Å²) in [6, 6.07) is 9.93. The van der Waals surface area contributed by atoms with Crippen LogP contribution in [-0.2, 0) is 0 Å². The van der Waals surface area contributed by atoms with Gasteiger partial charge < -0.3 is 20.3 Å². The molecule has 1 heterocycles. The smallest absolute Gasteiger partial charge is 0.190 e. The van der Waals surface area contributed by atoms with Crippen molar-refractivity contribution in [3.05, 3.63) is 30.3 Å². The van der Waals surface area contributed by atoms with Crippen LogP contribution in [0.5, 0.6) is 5.75 Å². The molecule has 0 bridgehead atoms. The molecule has 1 aliphatic heterocycles. The maximum Gasteiger partial charge on any atom is 0.190 e. The molecule has 1 saturated heterocycles. The first kappa shape index (κ1) is 17.6. The lowest BCUT2D eigenvalue weighted by atomic mass is 9.97.